The highest BCUT2D eigenvalue weighted by atomic mass is 19.2. The second kappa shape index (κ2) is 6.83. The Labute approximate surface area is 122 Å². The van der Waals surface area contributed by atoms with Gasteiger partial charge in [0.05, 0.1) is 0 Å². The summed E-state index contributed by atoms with van der Waals surface area (Å²) in [6.45, 7) is 1.02. The van der Waals surface area contributed by atoms with E-state index in [1.807, 2.05) is 42.3 Å². The van der Waals surface area contributed by atoms with Crippen molar-refractivity contribution in [1.29, 1.82) is 0 Å². The first kappa shape index (κ1) is 15.0. The van der Waals surface area contributed by atoms with Crippen LogP contribution in [0.25, 0.3) is 0 Å². The quantitative estimate of drug-likeness (QED) is 0.918. The predicted molar refractivity (Wildman–Crippen MR) is 78.4 cm³/mol. The summed E-state index contributed by atoms with van der Waals surface area (Å²) < 4.78 is 25.8. The molecule has 0 aliphatic carbocycles. The SMILES string of the molecule is CN(CCNC(=O)c1ccc(F)c(F)c1)c1ccccc1. The molecule has 110 valence electrons. The van der Waals surface area contributed by atoms with Crippen molar-refractivity contribution in [2.24, 2.45) is 0 Å². The number of benzene rings is 2. The fourth-order valence-corrected chi connectivity index (χ4v) is 1.89. The second-order valence-corrected chi connectivity index (χ2v) is 4.64. The van der Waals surface area contributed by atoms with Crippen molar-refractivity contribution in [3.05, 3.63) is 65.7 Å². The topological polar surface area (TPSA) is 32.3 Å². The first-order chi connectivity index (χ1) is 10.1. The molecule has 0 saturated heterocycles. The third-order valence-corrected chi connectivity index (χ3v) is 3.11. The maximum absolute atomic E-state index is 13.0. The van der Waals surface area contributed by atoms with E-state index in [9.17, 15) is 13.6 Å². The zero-order valence-corrected chi connectivity index (χ0v) is 11.6. The summed E-state index contributed by atoms with van der Waals surface area (Å²) in [5.74, 6) is -2.41. The number of anilines is 1. The van der Waals surface area contributed by atoms with Crippen molar-refractivity contribution in [3.63, 3.8) is 0 Å². The van der Waals surface area contributed by atoms with E-state index in [2.05, 4.69) is 5.32 Å². The molecule has 3 nitrogen and oxygen atoms in total. The van der Waals surface area contributed by atoms with Crippen molar-refractivity contribution in [3.8, 4) is 0 Å². The number of rotatable bonds is 5. The number of nitrogens with one attached hydrogen (secondary N) is 1. The molecule has 0 heterocycles. The summed E-state index contributed by atoms with van der Waals surface area (Å²) in [5.41, 5.74) is 1.15. The minimum atomic E-state index is -1.02. The minimum absolute atomic E-state index is 0.108. The Morgan fingerprint density at radius 1 is 1.10 bits per heavy atom. The van der Waals surface area contributed by atoms with Crippen LogP contribution >= 0.6 is 0 Å². The van der Waals surface area contributed by atoms with E-state index in [0.717, 1.165) is 17.8 Å². The number of likely N-dealkylation sites (N-methyl/N-ethyl adjacent to an activating group) is 1. The van der Waals surface area contributed by atoms with Gasteiger partial charge in [0, 0.05) is 31.4 Å². The van der Waals surface area contributed by atoms with Crippen molar-refractivity contribution in [2.45, 2.75) is 0 Å². The molecule has 5 heteroatoms. The molecule has 0 atom stereocenters. The number of hydrogen-bond donors (Lipinski definition) is 1. The molecule has 2 aromatic rings. The molecule has 0 fully saturated rings. The van der Waals surface area contributed by atoms with E-state index < -0.39 is 17.5 Å². The van der Waals surface area contributed by atoms with Crippen LogP contribution in [0.2, 0.25) is 0 Å². The summed E-state index contributed by atoms with van der Waals surface area (Å²) in [6, 6.07) is 12.8. The van der Waals surface area contributed by atoms with E-state index in [-0.39, 0.29) is 5.56 Å². The van der Waals surface area contributed by atoms with Crippen molar-refractivity contribution >= 4 is 11.6 Å². The lowest BCUT2D eigenvalue weighted by atomic mass is 10.2. The number of nitrogens with zero attached hydrogens (tertiary/aromatic N) is 1. The summed E-state index contributed by atoms with van der Waals surface area (Å²) in [4.78, 5) is 13.8. The smallest absolute Gasteiger partial charge is 0.251 e. The molecule has 1 amide bonds. The molecule has 0 aliphatic heterocycles. The van der Waals surface area contributed by atoms with E-state index in [1.54, 1.807) is 0 Å². The van der Waals surface area contributed by atoms with E-state index in [0.29, 0.717) is 13.1 Å². The molecule has 0 aliphatic rings. The molecule has 2 rings (SSSR count). The zero-order chi connectivity index (χ0) is 15.2. The summed E-state index contributed by atoms with van der Waals surface area (Å²) >= 11 is 0. The Morgan fingerprint density at radius 2 is 1.81 bits per heavy atom. The Balaban J connectivity index is 1.85. The standard InChI is InChI=1S/C16H16F2N2O/c1-20(13-5-3-2-4-6-13)10-9-19-16(21)12-7-8-14(17)15(18)11-12/h2-8,11H,9-10H2,1H3,(H,19,21). The highest BCUT2D eigenvalue weighted by Gasteiger charge is 2.09. The van der Waals surface area contributed by atoms with Gasteiger partial charge in [-0.05, 0) is 30.3 Å². The molecule has 1 N–H and O–H groups in total. The highest BCUT2D eigenvalue weighted by Crippen LogP contribution is 2.10. The molecule has 0 aromatic heterocycles. The van der Waals surface area contributed by atoms with Crippen LogP contribution in [0.3, 0.4) is 0 Å². The third kappa shape index (κ3) is 4.02. The van der Waals surface area contributed by atoms with Gasteiger partial charge in [-0.1, -0.05) is 18.2 Å². The number of amides is 1. The number of carbonyl (C=O) groups excluding carboxylic acids is 1. The molecular weight excluding hydrogens is 274 g/mol. The fraction of sp³-hybridized carbons (Fsp3) is 0.188. The Morgan fingerprint density at radius 3 is 2.48 bits per heavy atom. The van der Waals surface area contributed by atoms with Crippen molar-refractivity contribution in [2.75, 3.05) is 25.0 Å². The maximum Gasteiger partial charge on any atom is 0.251 e. The highest BCUT2D eigenvalue weighted by molar-refractivity contribution is 5.94. The van der Waals surface area contributed by atoms with Crippen LogP contribution in [0.4, 0.5) is 14.5 Å². The maximum atomic E-state index is 13.0. The van der Waals surface area contributed by atoms with Gasteiger partial charge in [-0.25, -0.2) is 8.78 Å². The van der Waals surface area contributed by atoms with Gasteiger partial charge in [0.25, 0.3) is 5.91 Å². The molecule has 0 radical (unpaired) electrons. The van der Waals surface area contributed by atoms with Crippen LogP contribution in [-0.2, 0) is 0 Å². The Kier molecular flexibility index (Phi) is 4.87. The lowest BCUT2D eigenvalue weighted by Gasteiger charge is -2.19. The first-order valence-corrected chi connectivity index (χ1v) is 6.57. The predicted octanol–water partition coefficient (Wildman–Crippen LogP) is 2.83. The molecule has 0 saturated carbocycles. The molecule has 21 heavy (non-hydrogen) atoms. The first-order valence-electron chi connectivity index (χ1n) is 6.57. The van der Waals surface area contributed by atoms with Gasteiger partial charge < -0.3 is 10.2 Å². The fourth-order valence-electron chi connectivity index (χ4n) is 1.89. The van der Waals surface area contributed by atoms with Crippen LogP contribution < -0.4 is 10.2 Å². The van der Waals surface area contributed by atoms with E-state index in [1.165, 1.54) is 6.07 Å². The monoisotopic (exact) mass is 290 g/mol. The molecule has 0 spiro atoms. The summed E-state index contributed by atoms with van der Waals surface area (Å²) in [7, 11) is 1.92. The van der Waals surface area contributed by atoms with Crippen LogP contribution in [0, 0.1) is 11.6 Å². The van der Waals surface area contributed by atoms with Crippen LogP contribution in [0.1, 0.15) is 10.4 Å². The van der Waals surface area contributed by atoms with Gasteiger partial charge in [0.1, 0.15) is 0 Å². The third-order valence-electron chi connectivity index (χ3n) is 3.11. The molecule has 0 unspecified atom stereocenters. The lowest BCUT2D eigenvalue weighted by Crippen LogP contribution is -2.33. The van der Waals surface area contributed by atoms with Gasteiger partial charge in [0.15, 0.2) is 11.6 Å². The zero-order valence-electron chi connectivity index (χ0n) is 11.6. The van der Waals surface area contributed by atoms with Gasteiger partial charge in [0.2, 0.25) is 0 Å². The molecule has 2 aromatic carbocycles. The molecule has 0 bridgehead atoms. The van der Waals surface area contributed by atoms with Crippen molar-refractivity contribution < 1.29 is 13.6 Å². The van der Waals surface area contributed by atoms with Crippen LogP contribution in [0.5, 0.6) is 0 Å². The van der Waals surface area contributed by atoms with Crippen LogP contribution in [-0.4, -0.2) is 26.0 Å². The Bertz CT molecular complexity index is 617. The van der Waals surface area contributed by atoms with E-state index >= 15 is 0 Å². The average molecular weight is 290 g/mol. The average Bonchev–Trinajstić information content (AvgIpc) is 2.50. The largest absolute Gasteiger partial charge is 0.373 e. The summed E-state index contributed by atoms with van der Waals surface area (Å²) in [6.07, 6.45) is 0. The number of hydrogen-bond acceptors (Lipinski definition) is 2. The van der Waals surface area contributed by atoms with Crippen molar-refractivity contribution in [1.82, 2.24) is 5.32 Å². The van der Waals surface area contributed by atoms with Gasteiger partial charge in [-0.3, -0.25) is 4.79 Å². The van der Waals surface area contributed by atoms with Crippen LogP contribution in [0.15, 0.2) is 48.5 Å². The Hall–Kier alpha value is -2.43. The normalized spacial score (nSPS) is 10.2. The van der Waals surface area contributed by atoms with Gasteiger partial charge in [-0.2, -0.15) is 0 Å². The minimum Gasteiger partial charge on any atom is -0.373 e. The van der Waals surface area contributed by atoms with Gasteiger partial charge >= 0.3 is 0 Å². The molecular formula is C16H16F2N2O. The summed E-state index contributed by atoms with van der Waals surface area (Å²) in [5, 5.41) is 2.68. The lowest BCUT2D eigenvalue weighted by molar-refractivity contribution is 0.0954. The number of halogens is 2. The van der Waals surface area contributed by atoms with Gasteiger partial charge in [-0.15, -0.1) is 0 Å². The second-order valence-electron chi connectivity index (χ2n) is 4.64. The number of carbonyl (C=O) groups is 1. The van der Waals surface area contributed by atoms with E-state index in [4.69, 9.17) is 0 Å². The number of para-hydroxylation sites is 1.